The number of aliphatic carboxylic acids is 1. The SMILES string of the molecule is C=CCO.CCC(=O)C(O)C(O)(O)C(=O)O.[O]=[Ti]. The van der Waals surface area contributed by atoms with Gasteiger partial charge >= 0.3 is 29.7 Å². The summed E-state index contributed by atoms with van der Waals surface area (Å²) >= 11 is 0.750. The third-order valence-electron chi connectivity index (χ3n) is 1.48. The molecule has 104 valence electrons. The van der Waals surface area contributed by atoms with Crippen LogP contribution in [0.3, 0.4) is 0 Å². The second-order valence-electron chi connectivity index (χ2n) is 2.72. The van der Waals surface area contributed by atoms with E-state index in [0.29, 0.717) is 0 Å². The summed E-state index contributed by atoms with van der Waals surface area (Å²) in [7, 11) is 0. The number of aliphatic hydroxyl groups is 4. The molecule has 0 rings (SSSR count). The van der Waals surface area contributed by atoms with Gasteiger partial charge in [0.15, 0.2) is 11.9 Å². The van der Waals surface area contributed by atoms with Crippen molar-refractivity contribution in [2.45, 2.75) is 25.2 Å². The van der Waals surface area contributed by atoms with Crippen LogP contribution in [0.5, 0.6) is 0 Å². The minimum atomic E-state index is -3.40. The quantitative estimate of drug-likeness (QED) is 0.225. The summed E-state index contributed by atoms with van der Waals surface area (Å²) in [5.74, 6) is -6.40. The summed E-state index contributed by atoms with van der Waals surface area (Å²) < 4.78 is 8.25. The van der Waals surface area contributed by atoms with E-state index in [1.54, 1.807) is 0 Å². The predicted molar refractivity (Wildman–Crippen MR) is 54.1 cm³/mol. The summed E-state index contributed by atoms with van der Waals surface area (Å²) in [6.45, 7) is 4.68. The van der Waals surface area contributed by atoms with Gasteiger partial charge in [0.2, 0.25) is 0 Å². The molecule has 8 nitrogen and oxygen atoms in total. The Kier molecular flexibility index (Phi) is 15.8. The number of rotatable bonds is 5. The number of carbonyl (C=O) groups excluding carboxylic acids is 1. The summed E-state index contributed by atoms with van der Waals surface area (Å²) in [5, 5.41) is 42.0. The normalized spacial score (nSPS) is 10.9. The van der Waals surface area contributed by atoms with E-state index < -0.39 is 23.6 Å². The number of carboxylic acid groups (broad SMARTS) is 1. The molecule has 0 saturated heterocycles. The number of hydrogen-bond acceptors (Lipinski definition) is 7. The number of aliphatic hydroxyl groups excluding tert-OH is 2. The van der Waals surface area contributed by atoms with Crippen molar-refractivity contribution < 1.29 is 58.9 Å². The Balaban J connectivity index is -0.000000317. The first-order valence-corrected chi connectivity index (χ1v) is 5.20. The molecule has 1 atom stereocenters. The molecule has 9 heteroatoms. The average molecular weight is 300 g/mol. The molecular weight excluding hydrogens is 284 g/mol. The third kappa shape index (κ3) is 9.28. The Morgan fingerprint density at radius 3 is 1.89 bits per heavy atom. The fourth-order valence-corrected chi connectivity index (χ4v) is 0.535. The van der Waals surface area contributed by atoms with Crippen molar-refractivity contribution in [1.82, 2.24) is 0 Å². The fourth-order valence-electron chi connectivity index (χ4n) is 0.535. The summed E-state index contributed by atoms with van der Waals surface area (Å²) in [5.41, 5.74) is 0. The summed E-state index contributed by atoms with van der Waals surface area (Å²) in [6.07, 6.45) is -1.04. The Morgan fingerprint density at radius 1 is 1.39 bits per heavy atom. The van der Waals surface area contributed by atoms with Crippen LogP contribution in [0.4, 0.5) is 0 Å². The van der Waals surface area contributed by atoms with Gasteiger partial charge in [-0.05, 0) is 0 Å². The van der Waals surface area contributed by atoms with Gasteiger partial charge in [-0.15, -0.1) is 6.58 Å². The zero-order valence-electron chi connectivity index (χ0n) is 9.74. The van der Waals surface area contributed by atoms with Gasteiger partial charge in [-0.1, -0.05) is 13.0 Å². The average Bonchev–Trinajstić information content (AvgIpc) is 2.39. The monoisotopic (exact) mass is 300 g/mol. The van der Waals surface area contributed by atoms with Crippen molar-refractivity contribution in [3.63, 3.8) is 0 Å². The van der Waals surface area contributed by atoms with Crippen molar-refractivity contribution in [2.75, 3.05) is 6.61 Å². The first-order valence-electron chi connectivity index (χ1n) is 4.56. The zero-order chi connectivity index (χ0) is 15.4. The van der Waals surface area contributed by atoms with Gasteiger partial charge in [-0.2, -0.15) is 0 Å². The van der Waals surface area contributed by atoms with E-state index in [2.05, 4.69) is 6.58 Å². The van der Waals surface area contributed by atoms with Crippen molar-refractivity contribution in [3.8, 4) is 0 Å². The second kappa shape index (κ2) is 12.7. The molecule has 0 aliphatic carbocycles. The molecular formula is C9H16O8Ti. The van der Waals surface area contributed by atoms with Gasteiger partial charge in [0.25, 0.3) is 5.79 Å². The van der Waals surface area contributed by atoms with Crippen LogP contribution >= 0.6 is 0 Å². The molecule has 5 N–H and O–H groups in total. The van der Waals surface area contributed by atoms with Crippen LogP contribution in [0.2, 0.25) is 0 Å². The second-order valence-corrected chi connectivity index (χ2v) is 2.72. The molecule has 0 radical (unpaired) electrons. The Labute approximate surface area is 115 Å². The van der Waals surface area contributed by atoms with Crippen molar-refractivity contribution >= 4 is 11.8 Å². The molecule has 0 saturated carbocycles. The van der Waals surface area contributed by atoms with E-state index in [1.165, 1.54) is 13.0 Å². The molecule has 0 bridgehead atoms. The number of hydrogen-bond donors (Lipinski definition) is 5. The van der Waals surface area contributed by atoms with E-state index in [0.717, 1.165) is 20.4 Å². The molecule has 0 aromatic carbocycles. The molecule has 0 aromatic heterocycles. The molecule has 0 aromatic rings. The molecule has 1 unspecified atom stereocenters. The van der Waals surface area contributed by atoms with Crippen LogP contribution in [0.15, 0.2) is 12.7 Å². The maximum atomic E-state index is 10.6. The van der Waals surface area contributed by atoms with E-state index in [9.17, 15) is 9.59 Å². The van der Waals surface area contributed by atoms with Gasteiger partial charge in [-0.25, -0.2) is 4.79 Å². The van der Waals surface area contributed by atoms with Crippen LogP contribution in [-0.2, 0) is 33.3 Å². The summed E-state index contributed by atoms with van der Waals surface area (Å²) in [6, 6.07) is 0. The van der Waals surface area contributed by atoms with E-state index >= 15 is 0 Å². The van der Waals surface area contributed by atoms with Crippen molar-refractivity contribution in [3.05, 3.63) is 12.7 Å². The molecule has 0 heterocycles. The molecule has 18 heavy (non-hydrogen) atoms. The molecule has 0 aliphatic heterocycles. The van der Waals surface area contributed by atoms with E-state index in [1.807, 2.05) is 0 Å². The number of carboxylic acids is 1. The molecule has 0 amide bonds. The Morgan fingerprint density at radius 2 is 1.72 bits per heavy atom. The first-order chi connectivity index (χ1) is 8.25. The van der Waals surface area contributed by atoms with Crippen LogP contribution in [0, 0.1) is 0 Å². The first kappa shape index (κ1) is 22.4. The van der Waals surface area contributed by atoms with Crippen molar-refractivity contribution in [2.24, 2.45) is 0 Å². The van der Waals surface area contributed by atoms with Crippen molar-refractivity contribution in [1.29, 1.82) is 0 Å². The minimum absolute atomic E-state index is 0.0833. The maximum absolute atomic E-state index is 10.6. The van der Waals surface area contributed by atoms with Gasteiger partial charge in [0.05, 0.1) is 6.61 Å². The van der Waals surface area contributed by atoms with Crippen LogP contribution in [0.25, 0.3) is 0 Å². The summed E-state index contributed by atoms with van der Waals surface area (Å²) in [4.78, 5) is 20.7. The van der Waals surface area contributed by atoms with Gasteiger partial charge < -0.3 is 25.5 Å². The standard InChI is InChI=1S/C6H10O6.C3H6O.O.Ti/c1-2-3(7)4(8)6(11,12)5(9)10;1-2-3-4;;/h4,8,11-12H,2H2,1H3,(H,9,10);2,4H,1,3H2;;. The van der Waals surface area contributed by atoms with E-state index in [-0.39, 0.29) is 13.0 Å². The molecule has 0 aliphatic rings. The Bertz CT molecular complexity index is 265. The van der Waals surface area contributed by atoms with Crippen LogP contribution < -0.4 is 0 Å². The van der Waals surface area contributed by atoms with Gasteiger partial charge in [-0.3, -0.25) is 4.79 Å². The Hall–Kier alpha value is -0.766. The van der Waals surface area contributed by atoms with Gasteiger partial charge in [0.1, 0.15) is 0 Å². The third-order valence-corrected chi connectivity index (χ3v) is 1.48. The number of ketones is 1. The molecule has 0 fully saturated rings. The van der Waals surface area contributed by atoms with E-state index in [4.69, 9.17) is 28.9 Å². The van der Waals surface area contributed by atoms with Crippen LogP contribution in [0.1, 0.15) is 13.3 Å². The van der Waals surface area contributed by atoms with Crippen LogP contribution in [-0.4, -0.2) is 55.8 Å². The molecule has 0 spiro atoms. The predicted octanol–water partition coefficient (Wildman–Crippen LogP) is -1.86. The number of carbonyl (C=O) groups is 2. The van der Waals surface area contributed by atoms with Gasteiger partial charge in [0, 0.05) is 6.42 Å². The topological polar surface area (TPSA) is 152 Å². The number of Topliss-reactive ketones (excluding diaryl/α,β-unsaturated/α-hetero) is 1. The zero-order valence-corrected chi connectivity index (χ0v) is 11.3. The fraction of sp³-hybridized carbons (Fsp3) is 0.556.